The fourth-order valence-corrected chi connectivity index (χ4v) is 2.19. The maximum absolute atomic E-state index is 11.8. The molecule has 0 aliphatic heterocycles. The monoisotopic (exact) mass is 291 g/mol. The van der Waals surface area contributed by atoms with Gasteiger partial charge in [-0.1, -0.05) is 0 Å². The molecule has 0 unspecified atom stereocenters. The Morgan fingerprint density at radius 1 is 1.17 bits per heavy atom. The highest BCUT2D eigenvalue weighted by molar-refractivity contribution is 7.87. The Bertz CT molecular complexity index is 320. The predicted molar refractivity (Wildman–Crippen MR) is 63.4 cm³/mol. The average Bonchev–Trinajstić information content (AvgIpc) is 2.23. The van der Waals surface area contributed by atoms with Crippen LogP contribution in [0.2, 0.25) is 0 Å². The van der Waals surface area contributed by atoms with Gasteiger partial charge in [0.2, 0.25) is 0 Å². The van der Waals surface area contributed by atoms with Crippen LogP contribution in [0, 0.1) is 0 Å². The lowest BCUT2D eigenvalue weighted by molar-refractivity contribution is -0.135. The number of nitrogens with one attached hydrogen (secondary N) is 2. The molecule has 0 amide bonds. The highest BCUT2D eigenvalue weighted by Gasteiger charge is 2.26. The summed E-state index contributed by atoms with van der Waals surface area (Å²) in [5.74, 6) is 0. The van der Waals surface area contributed by atoms with E-state index in [0.717, 1.165) is 4.31 Å². The molecule has 0 spiro atoms. The molecule has 0 aromatic carbocycles. The van der Waals surface area contributed by atoms with Gasteiger partial charge in [-0.3, -0.25) is 0 Å². The summed E-state index contributed by atoms with van der Waals surface area (Å²) in [5, 5.41) is 2.88. The minimum absolute atomic E-state index is 0.210. The molecule has 2 N–H and O–H groups in total. The maximum atomic E-state index is 11.8. The number of hydrogen-bond donors (Lipinski definition) is 2. The van der Waals surface area contributed by atoms with Crippen LogP contribution in [0.3, 0.4) is 0 Å². The smallest absolute Gasteiger partial charge is 0.320 e. The van der Waals surface area contributed by atoms with Gasteiger partial charge in [-0.25, -0.2) is 4.72 Å². The second-order valence-corrected chi connectivity index (χ2v) is 5.76. The van der Waals surface area contributed by atoms with Crippen molar-refractivity contribution in [3.05, 3.63) is 0 Å². The molecule has 0 aromatic rings. The van der Waals surface area contributed by atoms with E-state index < -0.39 is 22.8 Å². The molecule has 5 nitrogen and oxygen atoms in total. The Morgan fingerprint density at radius 2 is 1.78 bits per heavy atom. The van der Waals surface area contributed by atoms with Crippen LogP contribution in [0.1, 0.15) is 19.3 Å². The molecule has 110 valence electrons. The molecule has 0 atom stereocenters. The highest BCUT2D eigenvalue weighted by atomic mass is 32.2. The minimum Gasteiger partial charge on any atom is -0.320 e. The second-order valence-electron chi connectivity index (χ2n) is 3.90. The van der Waals surface area contributed by atoms with E-state index in [1.54, 1.807) is 7.05 Å². The summed E-state index contributed by atoms with van der Waals surface area (Å²) in [5.41, 5.74) is 0. The summed E-state index contributed by atoms with van der Waals surface area (Å²) in [4.78, 5) is 0. The zero-order chi connectivity index (χ0) is 14.2. The molecule has 18 heavy (non-hydrogen) atoms. The van der Waals surface area contributed by atoms with Crippen molar-refractivity contribution >= 4 is 10.2 Å². The van der Waals surface area contributed by atoms with E-state index in [-0.39, 0.29) is 13.0 Å². The number of nitrogens with zero attached hydrogens (tertiary/aromatic N) is 1. The van der Waals surface area contributed by atoms with Crippen molar-refractivity contribution in [3.63, 3.8) is 0 Å². The zero-order valence-electron chi connectivity index (χ0n) is 10.5. The van der Waals surface area contributed by atoms with Crippen molar-refractivity contribution in [1.29, 1.82) is 0 Å². The summed E-state index contributed by atoms with van der Waals surface area (Å²) in [6, 6.07) is 0. The van der Waals surface area contributed by atoms with Gasteiger partial charge in [0.25, 0.3) is 10.2 Å². The van der Waals surface area contributed by atoms with Crippen molar-refractivity contribution in [2.24, 2.45) is 0 Å². The van der Waals surface area contributed by atoms with Crippen LogP contribution in [0.15, 0.2) is 0 Å². The zero-order valence-corrected chi connectivity index (χ0v) is 11.4. The molecular formula is C9H20F3N3O2S. The quantitative estimate of drug-likeness (QED) is 0.615. The van der Waals surface area contributed by atoms with E-state index >= 15 is 0 Å². The molecule has 0 saturated heterocycles. The van der Waals surface area contributed by atoms with E-state index in [1.165, 1.54) is 7.05 Å². The van der Waals surface area contributed by atoms with E-state index in [1.807, 2.05) is 0 Å². The fourth-order valence-electron chi connectivity index (χ4n) is 1.20. The first-order valence-electron chi connectivity index (χ1n) is 5.61. The summed E-state index contributed by atoms with van der Waals surface area (Å²) < 4.78 is 61.9. The van der Waals surface area contributed by atoms with Crippen molar-refractivity contribution in [2.75, 3.05) is 33.7 Å². The van der Waals surface area contributed by atoms with Crippen molar-refractivity contribution in [3.8, 4) is 0 Å². The first kappa shape index (κ1) is 17.6. The topological polar surface area (TPSA) is 61.4 Å². The molecule has 0 radical (unpaired) electrons. The summed E-state index contributed by atoms with van der Waals surface area (Å²) >= 11 is 0. The van der Waals surface area contributed by atoms with Crippen LogP contribution >= 0.6 is 0 Å². The molecule has 0 aromatic heterocycles. The first-order chi connectivity index (χ1) is 8.19. The minimum atomic E-state index is -4.25. The van der Waals surface area contributed by atoms with Crippen molar-refractivity contribution in [2.45, 2.75) is 25.4 Å². The number of alkyl halides is 3. The molecule has 0 rings (SSSR count). The standard InChI is InChI=1S/C9H20F3N3O2S/c1-13-6-4-8-15(2)18(16,17)14-7-3-5-9(10,11)12/h13-14H,3-8H2,1-2H3. The predicted octanol–water partition coefficient (Wildman–Crippen LogP) is 0.705. The summed E-state index contributed by atoms with van der Waals surface area (Å²) in [6.45, 7) is 0.779. The molecule has 0 fully saturated rings. The van der Waals surface area contributed by atoms with E-state index in [0.29, 0.717) is 19.5 Å². The molecule has 0 aliphatic carbocycles. The number of halogens is 3. The summed E-state index contributed by atoms with van der Waals surface area (Å²) in [6.07, 6.45) is -4.85. The molecule has 9 heteroatoms. The number of hydrogen-bond acceptors (Lipinski definition) is 3. The molecule has 0 saturated carbocycles. The average molecular weight is 291 g/mol. The van der Waals surface area contributed by atoms with Crippen LogP contribution in [0.4, 0.5) is 13.2 Å². The highest BCUT2D eigenvalue weighted by Crippen LogP contribution is 2.20. The van der Waals surface area contributed by atoms with Gasteiger partial charge < -0.3 is 5.32 Å². The first-order valence-corrected chi connectivity index (χ1v) is 7.05. The van der Waals surface area contributed by atoms with Crippen LogP contribution in [-0.4, -0.2) is 52.6 Å². The van der Waals surface area contributed by atoms with Gasteiger partial charge in [0.05, 0.1) is 0 Å². The van der Waals surface area contributed by atoms with Crippen LogP contribution in [0.25, 0.3) is 0 Å². The fraction of sp³-hybridized carbons (Fsp3) is 1.00. The van der Waals surface area contributed by atoms with Crippen molar-refractivity contribution < 1.29 is 21.6 Å². The van der Waals surface area contributed by atoms with Gasteiger partial charge >= 0.3 is 6.18 Å². The molecule has 0 bridgehead atoms. The van der Waals surface area contributed by atoms with Crippen molar-refractivity contribution in [1.82, 2.24) is 14.3 Å². The lowest BCUT2D eigenvalue weighted by atomic mass is 10.3. The SMILES string of the molecule is CNCCCN(C)S(=O)(=O)NCCCC(F)(F)F. The van der Waals surface area contributed by atoms with Gasteiger partial charge in [0.15, 0.2) is 0 Å². The van der Waals surface area contributed by atoms with Gasteiger partial charge in [-0.05, 0) is 26.4 Å². The lowest BCUT2D eigenvalue weighted by Gasteiger charge is -2.17. The van der Waals surface area contributed by atoms with E-state index in [2.05, 4.69) is 10.0 Å². The van der Waals surface area contributed by atoms with Crippen LogP contribution in [0.5, 0.6) is 0 Å². The number of rotatable bonds is 9. The van der Waals surface area contributed by atoms with E-state index in [9.17, 15) is 21.6 Å². The third-order valence-corrected chi connectivity index (χ3v) is 3.80. The van der Waals surface area contributed by atoms with Gasteiger partial charge in [0, 0.05) is 26.6 Å². The Morgan fingerprint density at radius 3 is 2.28 bits per heavy atom. The van der Waals surface area contributed by atoms with Gasteiger partial charge in [-0.15, -0.1) is 0 Å². The Hall–Kier alpha value is -0.380. The maximum Gasteiger partial charge on any atom is 0.389 e. The largest absolute Gasteiger partial charge is 0.389 e. The lowest BCUT2D eigenvalue weighted by Crippen LogP contribution is -2.39. The van der Waals surface area contributed by atoms with Gasteiger partial charge in [0.1, 0.15) is 0 Å². The Balaban J connectivity index is 3.92. The Labute approximate surface area is 106 Å². The van der Waals surface area contributed by atoms with E-state index in [4.69, 9.17) is 0 Å². The Kier molecular flexibility index (Phi) is 7.76. The molecular weight excluding hydrogens is 271 g/mol. The van der Waals surface area contributed by atoms with Crippen LogP contribution in [-0.2, 0) is 10.2 Å². The van der Waals surface area contributed by atoms with Crippen LogP contribution < -0.4 is 10.0 Å². The van der Waals surface area contributed by atoms with Gasteiger partial charge in [-0.2, -0.15) is 25.9 Å². The third kappa shape index (κ3) is 8.67. The second kappa shape index (κ2) is 7.93. The molecule has 0 heterocycles. The third-order valence-electron chi connectivity index (χ3n) is 2.23. The molecule has 0 aliphatic rings. The normalized spacial score (nSPS) is 13.2. The summed E-state index contributed by atoms with van der Waals surface area (Å²) in [7, 11) is -0.526.